The van der Waals surface area contributed by atoms with Crippen molar-refractivity contribution in [3.8, 4) is 0 Å². The maximum absolute atomic E-state index is 12.8. The van der Waals surface area contributed by atoms with Gasteiger partial charge in [0.2, 0.25) is 0 Å². The van der Waals surface area contributed by atoms with Crippen LogP contribution in [-0.2, 0) is 9.59 Å². The van der Waals surface area contributed by atoms with Crippen molar-refractivity contribution < 1.29 is 14.7 Å². The molecule has 0 radical (unpaired) electrons. The standard InChI is InChI=1S/C23H22BrNO3/c1-4-13-25-20(16-7-5-15(6-8-16)14(2)3)19(22(27)23(25)28)21(26)17-9-11-18(24)12-10-17/h4-12,14,20,26H,1,13H2,2-3H3/b21-19+/t20-/m0/s1. The number of aliphatic hydroxyl groups is 1. The highest BCUT2D eigenvalue weighted by Gasteiger charge is 2.45. The minimum Gasteiger partial charge on any atom is -0.507 e. The van der Waals surface area contributed by atoms with Gasteiger partial charge in [-0.1, -0.05) is 72.3 Å². The summed E-state index contributed by atoms with van der Waals surface area (Å²) in [7, 11) is 0. The molecular weight excluding hydrogens is 418 g/mol. The second-order valence-electron chi connectivity index (χ2n) is 7.07. The fourth-order valence-corrected chi connectivity index (χ4v) is 3.64. The van der Waals surface area contributed by atoms with E-state index in [1.807, 2.05) is 24.3 Å². The molecule has 1 heterocycles. The van der Waals surface area contributed by atoms with E-state index < -0.39 is 17.7 Å². The van der Waals surface area contributed by atoms with E-state index in [-0.39, 0.29) is 17.9 Å². The van der Waals surface area contributed by atoms with Gasteiger partial charge in [-0.25, -0.2) is 0 Å². The van der Waals surface area contributed by atoms with Gasteiger partial charge in [0.05, 0.1) is 11.6 Å². The number of aliphatic hydroxyl groups excluding tert-OH is 1. The molecule has 0 saturated carbocycles. The molecule has 1 N–H and O–H groups in total. The normalized spacial score (nSPS) is 18.7. The third kappa shape index (κ3) is 3.67. The number of amides is 1. The molecular formula is C23H22BrNO3. The number of carbonyl (C=O) groups excluding carboxylic acids is 2. The number of hydrogen-bond donors (Lipinski definition) is 1. The van der Waals surface area contributed by atoms with Gasteiger partial charge in [0.15, 0.2) is 0 Å². The van der Waals surface area contributed by atoms with Gasteiger partial charge in [-0.15, -0.1) is 6.58 Å². The van der Waals surface area contributed by atoms with Gasteiger partial charge in [-0.3, -0.25) is 9.59 Å². The molecule has 0 spiro atoms. The van der Waals surface area contributed by atoms with Crippen LogP contribution < -0.4 is 0 Å². The second kappa shape index (κ2) is 8.15. The summed E-state index contributed by atoms with van der Waals surface area (Å²) in [6.45, 7) is 8.13. The van der Waals surface area contributed by atoms with Crippen LogP contribution in [0.4, 0.5) is 0 Å². The van der Waals surface area contributed by atoms with Crippen molar-refractivity contribution >= 4 is 33.4 Å². The highest BCUT2D eigenvalue weighted by molar-refractivity contribution is 9.10. The zero-order valence-corrected chi connectivity index (χ0v) is 17.4. The molecule has 0 aliphatic carbocycles. The number of benzene rings is 2. The fraction of sp³-hybridized carbons (Fsp3) is 0.217. The SMILES string of the molecule is C=CCN1C(=O)C(=O)/C(=C(/O)c2ccc(Br)cc2)[C@@H]1c1ccc(C(C)C)cc1. The summed E-state index contributed by atoms with van der Waals surface area (Å²) in [4.78, 5) is 26.9. The summed E-state index contributed by atoms with van der Waals surface area (Å²) in [5.41, 5.74) is 2.54. The first-order valence-electron chi connectivity index (χ1n) is 9.10. The van der Waals surface area contributed by atoms with E-state index in [1.165, 1.54) is 4.90 Å². The highest BCUT2D eigenvalue weighted by Crippen LogP contribution is 2.39. The van der Waals surface area contributed by atoms with Crippen molar-refractivity contribution in [2.75, 3.05) is 6.54 Å². The molecule has 4 nitrogen and oxygen atoms in total. The van der Waals surface area contributed by atoms with E-state index in [1.54, 1.807) is 30.3 Å². The molecule has 2 aromatic rings. The number of rotatable bonds is 5. The zero-order valence-electron chi connectivity index (χ0n) is 15.9. The second-order valence-corrected chi connectivity index (χ2v) is 7.98. The minimum atomic E-state index is -0.680. The summed E-state index contributed by atoms with van der Waals surface area (Å²) in [5, 5.41) is 10.9. The van der Waals surface area contributed by atoms with Crippen LogP contribution in [0.1, 0.15) is 42.5 Å². The number of likely N-dealkylation sites (tertiary alicyclic amines) is 1. The first-order valence-corrected chi connectivity index (χ1v) is 9.89. The lowest BCUT2D eigenvalue weighted by Crippen LogP contribution is -2.29. The van der Waals surface area contributed by atoms with Crippen molar-refractivity contribution in [3.63, 3.8) is 0 Å². The maximum atomic E-state index is 12.8. The van der Waals surface area contributed by atoms with Gasteiger partial charge < -0.3 is 10.0 Å². The van der Waals surface area contributed by atoms with Gasteiger partial charge in [0.25, 0.3) is 11.7 Å². The molecule has 1 amide bonds. The summed E-state index contributed by atoms with van der Waals surface area (Å²) in [6.07, 6.45) is 1.58. The van der Waals surface area contributed by atoms with E-state index in [0.717, 1.165) is 15.6 Å². The van der Waals surface area contributed by atoms with E-state index in [4.69, 9.17) is 0 Å². The molecule has 28 heavy (non-hydrogen) atoms. The van der Waals surface area contributed by atoms with Crippen molar-refractivity contribution in [2.24, 2.45) is 0 Å². The Balaban J connectivity index is 2.15. The number of ketones is 1. The Labute approximate surface area is 173 Å². The van der Waals surface area contributed by atoms with Gasteiger partial charge in [-0.2, -0.15) is 0 Å². The smallest absolute Gasteiger partial charge is 0.295 e. The lowest BCUT2D eigenvalue weighted by molar-refractivity contribution is -0.139. The zero-order chi connectivity index (χ0) is 20.4. The number of Topliss-reactive ketones (excluding diaryl/α,β-unsaturated/α-hetero) is 1. The van der Waals surface area contributed by atoms with Gasteiger partial charge in [0.1, 0.15) is 5.76 Å². The van der Waals surface area contributed by atoms with Crippen molar-refractivity contribution in [2.45, 2.75) is 25.8 Å². The van der Waals surface area contributed by atoms with E-state index in [9.17, 15) is 14.7 Å². The minimum absolute atomic E-state index is 0.103. The Morgan fingerprint density at radius 3 is 2.29 bits per heavy atom. The van der Waals surface area contributed by atoms with Gasteiger partial charge >= 0.3 is 0 Å². The summed E-state index contributed by atoms with van der Waals surface area (Å²) in [6, 6.07) is 14.1. The van der Waals surface area contributed by atoms with Crippen molar-refractivity contribution in [1.29, 1.82) is 0 Å². The third-order valence-electron chi connectivity index (χ3n) is 4.90. The Morgan fingerprint density at radius 1 is 1.14 bits per heavy atom. The van der Waals surface area contributed by atoms with Gasteiger partial charge in [-0.05, 0) is 29.2 Å². The first-order chi connectivity index (χ1) is 13.3. The van der Waals surface area contributed by atoms with Crippen molar-refractivity contribution in [1.82, 2.24) is 4.90 Å². The molecule has 1 saturated heterocycles. The monoisotopic (exact) mass is 439 g/mol. The van der Waals surface area contributed by atoms with Crippen LogP contribution in [0.5, 0.6) is 0 Å². The van der Waals surface area contributed by atoms with Crippen LogP contribution in [0.3, 0.4) is 0 Å². The predicted octanol–water partition coefficient (Wildman–Crippen LogP) is 5.18. The lowest BCUT2D eigenvalue weighted by Gasteiger charge is -2.24. The van der Waals surface area contributed by atoms with Gasteiger partial charge in [0, 0.05) is 16.6 Å². The van der Waals surface area contributed by atoms with E-state index in [2.05, 4.69) is 36.4 Å². The molecule has 1 fully saturated rings. The highest BCUT2D eigenvalue weighted by atomic mass is 79.9. The number of halogens is 1. The first kappa shape index (κ1) is 20.1. The largest absolute Gasteiger partial charge is 0.507 e. The fourth-order valence-electron chi connectivity index (χ4n) is 3.38. The molecule has 1 atom stereocenters. The summed E-state index contributed by atoms with van der Waals surface area (Å²) >= 11 is 3.36. The molecule has 5 heteroatoms. The average molecular weight is 440 g/mol. The molecule has 144 valence electrons. The predicted molar refractivity (Wildman–Crippen MR) is 114 cm³/mol. The van der Waals surface area contributed by atoms with Crippen LogP contribution >= 0.6 is 15.9 Å². The average Bonchev–Trinajstić information content (AvgIpc) is 2.93. The molecule has 1 aliphatic rings. The van der Waals surface area contributed by atoms with Crippen LogP contribution in [0.15, 0.2) is 71.2 Å². The Hall–Kier alpha value is -2.66. The number of carbonyl (C=O) groups is 2. The topological polar surface area (TPSA) is 57.6 Å². The molecule has 2 aromatic carbocycles. The molecule has 0 unspecified atom stereocenters. The van der Waals surface area contributed by atoms with Crippen LogP contribution in [0, 0.1) is 0 Å². The third-order valence-corrected chi connectivity index (χ3v) is 5.43. The Morgan fingerprint density at radius 2 is 1.75 bits per heavy atom. The van der Waals surface area contributed by atoms with Crippen LogP contribution in [-0.4, -0.2) is 28.2 Å². The maximum Gasteiger partial charge on any atom is 0.295 e. The van der Waals surface area contributed by atoms with Crippen molar-refractivity contribution in [3.05, 3.63) is 87.9 Å². The number of hydrogen-bond acceptors (Lipinski definition) is 3. The van der Waals surface area contributed by atoms with E-state index in [0.29, 0.717) is 11.5 Å². The van der Waals surface area contributed by atoms with E-state index >= 15 is 0 Å². The molecule has 0 aromatic heterocycles. The van der Waals surface area contributed by atoms with Crippen LogP contribution in [0.2, 0.25) is 0 Å². The Bertz CT molecular complexity index is 943. The number of nitrogens with zero attached hydrogens (tertiary/aromatic N) is 1. The molecule has 1 aliphatic heterocycles. The quantitative estimate of drug-likeness (QED) is 0.302. The van der Waals surface area contributed by atoms with Crippen LogP contribution in [0.25, 0.3) is 5.76 Å². The molecule has 0 bridgehead atoms. The summed E-state index contributed by atoms with van der Waals surface area (Å²) < 4.78 is 0.858. The Kier molecular flexibility index (Phi) is 5.84. The summed E-state index contributed by atoms with van der Waals surface area (Å²) in [5.74, 6) is -1.11. The molecule has 3 rings (SSSR count). The lowest BCUT2D eigenvalue weighted by atomic mass is 9.93.